The second kappa shape index (κ2) is 5.74. The molecule has 3 rings (SSSR count). The summed E-state index contributed by atoms with van der Waals surface area (Å²) in [6.07, 6.45) is 7.07. The Morgan fingerprint density at radius 3 is 2.85 bits per heavy atom. The summed E-state index contributed by atoms with van der Waals surface area (Å²) in [5.41, 5.74) is 7.88. The van der Waals surface area contributed by atoms with Crippen LogP contribution in [0, 0.1) is 5.92 Å². The van der Waals surface area contributed by atoms with E-state index >= 15 is 0 Å². The molecule has 4 heteroatoms. The summed E-state index contributed by atoms with van der Waals surface area (Å²) in [6.45, 7) is 8.06. The Labute approximate surface area is 126 Å². The number of hydrogen-bond acceptors (Lipinski definition) is 4. The highest BCUT2D eigenvalue weighted by Gasteiger charge is 2.36. The summed E-state index contributed by atoms with van der Waals surface area (Å²) in [7, 11) is 0. The Kier molecular flexibility index (Phi) is 4.16. The maximum absolute atomic E-state index is 6.68. The van der Waals surface area contributed by atoms with Crippen molar-refractivity contribution in [3.05, 3.63) is 15.6 Å². The molecule has 0 saturated heterocycles. The van der Waals surface area contributed by atoms with Gasteiger partial charge in [-0.1, -0.05) is 13.8 Å². The molecule has 0 radical (unpaired) electrons. The Balaban J connectivity index is 1.76. The number of aromatic nitrogens is 1. The molecule has 112 valence electrons. The number of fused-ring (bicyclic) bond motifs is 1. The molecule has 2 aliphatic rings. The fourth-order valence-electron chi connectivity index (χ4n) is 3.46. The van der Waals surface area contributed by atoms with Crippen LogP contribution in [0.4, 0.5) is 0 Å². The monoisotopic (exact) mass is 293 g/mol. The third-order valence-electron chi connectivity index (χ3n) is 4.94. The van der Waals surface area contributed by atoms with Crippen LogP contribution in [0.15, 0.2) is 0 Å². The third kappa shape index (κ3) is 2.78. The van der Waals surface area contributed by atoms with Gasteiger partial charge >= 0.3 is 0 Å². The van der Waals surface area contributed by atoms with Gasteiger partial charge in [0.1, 0.15) is 5.01 Å². The van der Waals surface area contributed by atoms with Gasteiger partial charge in [0.15, 0.2) is 0 Å². The van der Waals surface area contributed by atoms with E-state index in [-0.39, 0.29) is 5.54 Å². The molecule has 2 N–H and O–H groups in total. The first-order valence-corrected chi connectivity index (χ1v) is 8.92. The maximum Gasteiger partial charge on any atom is 0.113 e. The number of hydrogen-bond donors (Lipinski definition) is 1. The molecule has 2 heterocycles. The predicted octanol–water partition coefficient (Wildman–Crippen LogP) is 3.28. The molecule has 1 aliphatic carbocycles. The van der Waals surface area contributed by atoms with Crippen LogP contribution in [0.2, 0.25) is 0 Å². The fourth-order valence-corrected chi connectivity index (χ4v) is 4.77. The third-order valence-corrected chi connectivity index (χ3v) is 6.24. The average molecular weight is 293 g/mol. The quantitative estimate of drug-likeness (QED) is 0.930. The van der Waals surface area contributed by atoms with Crippen molar-refractivity contribution in [2.24, 2.45) is 11.7 Å². The van der Waals surface area contributed by atoms with Gasteiger partial charge in [-0.3, -0.25) is 4.90 Å². The summed E-state index contributed by atoms with van der Waals surface area (Å²) < 4.78 is 0. The van der Waals surface area contributed by atoms with Crippen LogP contribution in [0.5, 0.6) is 0 Å². The van der Waals surface area contributed by atoms with Crippen molar-refractivity contribution in [1.29, 1.82) is 0 Å². The summed E-state index contributed by atoms with van der Waals surface area (Å²) in [5.74, 6) is 0.835. The Morgan fingerprint density at radius 2 is 2.15 bits per heavy atom. The van der Waals surface area contributed by atoms with Gasteiger partial charge < -0.3 is 5.73 Å². The summed E-state index contributed by atoms with van der Waals surface area (Å²) >= 11 is 1.89. The van der Waals surface area contributed by atoms with Crippen LogP contribution in [0.3, 0.4) is 0 Å². The lowest BCUT2D eigenvalue weighted by molar-refractivity contribution is 0.245. The first kappa shape index (κ1) is 14.5. The molecular formula is C16H27N3S. The van der Waals surface area contributed by atoms with Crippen LogP contribution in [-0.4, -0.2) is 23.0 Å². The molecule has 1 aromatic heterocycles. The lowest BCUT2D eigenvalue weighted by Gasteiger charge is -2.34. The molecule has 0 bridgehead atoms. The van der Waals surface area contributed by atoms with Crippen LogP contribution in [0.25, 0.3) is 0 Å². The van der Waals surface area contributed by atoms with Crippen LogP contribution in [0.1, 0.15) is 61.5 Å². The van der Waals surface area contributed by atoms with E-state index in [2.05, 4.69) is 18.7 Å². The topological polar surface area (TPSA) is 42.2 Å². The van der Waals surface area contributed by atoms with Gasteiger partial charge in [0.2, 0.25) is 0 Å². The van der Waals surface area contributed by atoms with Crippen LogP contribution >= 0.6 is 11.3 Å². The standard InChI is InChI=1S/C16H27N3S/c1-3-9-19-10-6-13-14(11-19)20-15(18-13)16(17)7-4-12(2)5-8-16/h12H,3-11,17H2,1-2H3. The predicted molar refractivity (Wildman–Crippen MR) is 84.9 cm³/mol. The minimum Gasteiger partial charge on any atom is -0.319 e. The summed E-state index contributed by atoms with van der Waals surface area (Å²) in [4.78, 5) is 8.96. The molecule has 0 spiro atoms. The van der Waals surface area contributed by atoms with Gasteiger partial charge in [-0.25, -0.2) is 4.98 Å². The second-order valence-corrected chi connectivity index (χ2v) is 7.84. The molecule has 1 aliphatic heterocycles. The van der Waals surface area contributed by atoms with Gasteiger partial charge in [0.25, 0.3) is 0 Å². The Bertz CT molecular complexity index is 460. The SMILES string of the molecule is CCCN1CCc2nc(C3(N)CCC(C)CC3)sc2C1. The van der Waals surface area contributed by atoms with Gasteiger partial charge in [-0.05, 0) is 44.6 Å². The first-order valence-electron chi connectivity index (χ1n) is 8.11. The van der Waals surface area contributed by atoms with E-state index in [4.69, 9.17) is 10.7 Å². The smallest absolute Gasteiger partial charge is 0.113 e. The van der Waals surface area contributed by atoms with E-state index in [1.54, 1.807) is 0 Å². The molecule has 3 nitrogen and oxygen atoms in total. The van der Waals surface area contributed by atoms with E-state index in [0.29, 0.717) is 0 Å². The zero-order valence-corrected chi connectivity index (χ0v) is 13.6. The van der Waals surface area contributed by atoms with E-state index in [1.165, 1.54) is 47.9 Å². The van der Waals surface area contributed by atoms with Crippen molar-refractivity contribution in [1.82, 2.24) is 9.88 Å². The number of rotatable bonds is 3. The van der Waals surface area contributed by atoms with Crippen molar-refractivity contribution in [3.63, 3.8) is 0 Å². The van der Waals surface area contributed by atoms with E-state index in [9.17, 15) is 0 Å². The molecule has 0 amide bonds. The molecule has 0 unspecified atom stereocenters. The van der Waals surface area contributed by atoms with E-state index in [0.717, 1.165) is 31.7 Å². The molecule has 1 saturated carbocycles. The molecule has 1 aromatic rings. The van der Waals surface area contributed by atoms with Gasteiger partial charge in [-0.2, -0.15) is 0 Å². The highest BCUT2D eigenvalue weighted by Crippen LogP contribution is 2.40. The highest BCUT2D eigenvalue weighted by atomic mass is 32.1. The minimum absolute atomic E-state index is 0.135. The number of nitrogens with zero attached hydrogens (tertiary/aromatic N) is 2. The normalized spacial score (nSPS) is 31.2. The largest absolute Gasteiger partial charge is 0.319 e. The lowest BCUT2D eigenvalue weighted by Crippen LogP contribution is -2.40. The van der Waals surface area contributed by atoms with Crippen LogP contribution < -0.4 is 5.73 Å². The lowest BCUT2D eigenvalue weighted by atomic mass is 9.78. The number of nitrogens with two attached hydrogens (primary N) is 1. The minimum atomic E-state index is -0.135. The Morgan fingerprint density at radius 1 is 1.40 bits per heavy atom. The fraction of sp³-hybridized carbons (Fsp3) is 0.812. The zero-order chi connectivity index (χ0) is 14.2. The van der Waals surface area contributed by atoms with Crippen molar-refractivity contribution < 1.29 is 0 Å². The van der Waals surface area contributed by atoms with Gasteiger partial charge in [-0.15, -0.1) is 11.3 Å². The molecule has 0 aromatic carbocycles. The number of thiazole rings is 1. The van der Waals surface area contributed by atoms with Crippen molar-refractivity contribution in [2.45, 2.75) is 64.5 Å². The van der Waals surface area contributed by atoms with Crippen LogP contribution in [-0.2, 0) is 18.5 Å². The van der Waals surface area contributed by atoms with Gasteiger partial charge in [0, 0.05) is 24.4 Å². The van der Waals surface area contributed by atoms with Gasteiger partial charge in [0.05, 0.1) is 11.2 Å². The van der Waals surface area contributed by atoms with E-state index in [1.807, 2.05) is 11.3 Å². The molecular weight excluding hydrogens is 266 g/mol. The summed E-state index contributed by atoms with van der Waals surface area (Å²) in [5, 5.41) is 1.22. The van der Waals surface area contributed by atoms with Crippen molar-refractivity contribution in [2.75, 3.05) is 13.1 Å². The summed E-state index contributed by atoms with van der Waals surface area (Å²) in [6, 6.07) is 0. The average Bonchev–Trinajstić information content (AvgIpc) is 2.87. The molecule has 1 fully saturated rings. The maximum atomic E-state index is 6.68. The molecule has 0 atom stereocenters. The zero-order valence-electron chi connectivity index (χ0n) is 12.8. The van der Waals surface area contributed by atoms with Crippen molar-refractivity contribution >= 4 is 11.3 Å². The Hall–Kier alpha value is -0.450. The van der Waals surface area contributed by atoms with E-state index < -0.39 is 0 Å². The van der Waals surface area contributed by atoms with Crippen molar-refractivity contribution in [3.8, 4) is 0 Å². The second-order valence-electron chi connectivity index (χ2n) is 6.75. The highest BCUT2D eigenvalue weighted by molar-refractivity contribution is 7.11. The first-order chi connectivity index (χ1) is 9.60. The molecule has 20 heavy (non-hydrogen) atoms.